The predicted octanol–water partition coefficient (Wildman–Crippen LogP) is 5.01. The molecule has 134 valence electrons. The summed E-state index contributed by atoms with van der Waals surface area (Å²) >= 11 is 0. The summed E-state index contributed by atoms with van der Waals surface area (Å²) in [5.74, 6) is 0. The Balaban J connectivity index is 1.94. The Morgan fingerprint density at radius 3 is 2.35 bits per heavy atom. The van der Waals surface area contributed by atoms with Gasteiger partial charge in [0.05, 0.1) is 11.4 Å². The van der Waals surface area contributed by atoms with Crippen molar-refractivity contribution in [3.05, 3.63) is 69.3 Å². The van der Waals surface area contributed by atoms with Crippen LogP contribution in [-0.2, 0) is 17.8 Å². The first-order chi connectivity index (χ1) is 12.4. The van der Waals surface area contributed by atoms with Gasteiger partial charge in [-0.15, -0.1) is 0 Å². The number of amides is 1. The molecular formula is C22H24N2O2. The SMILES string of the molecule is Cc1c(C)c(C)c2c(c1C)CCC(=N)C2=NC(=O)OCc1ccccc1. The van der Waals surface area contributed by atoms with Gasteiger partial charge in [-0.3, -0.25) is 0 Å². The maximum atomic E-state index is 12.3. The topological polar surface area (TPSA) is 62.5 Å². The minimum absolute atomic E-state index is 0.182. The molecule has 0 heterocycles. The van der Waals surface area contributed by atoms with Gasteiger partial charge in [0.2, 0.25) is 0 Å². The van der Waals surface area contributed by atoms with Gasteiger partial charge in [-0.05, 0) is 73.9 Å². The van der Waals surface area contributed by atoms with E-state index in [9.17, 15) is 4.79 Å². The highest BCUT2D eigenvalue weighted by molar-refractivity contribution is 6.49. The third kappa shape index (κ3) is 3.32. The van der Waals surface area contributed by atoms with E-state index in [0.29, 0.717) is 17.8 Å². The fourth-order valence-corrected chi connectivity index (χ4v) is 3.51. The fraction of sp³-hybridized carbons (Fsp3) is 0.318. The van der Waals surface area contributed by atoms with Crippen LogP contribution in [0.4, 0.5) is 4.79 Å². The number of rotatable bonds is 2. The zero-order valence-corrected chi connectivity index (χ0v) is 15.8. The summed E-state index contributed by atoms with van der Waals surface area (Å²) in [6.45, 7) is 8.55. The van der Waals surface area contributed by atoms with Crippen molar-refractivity contribution >= 4 is 17.5 Å². The zero-order chi connectivity index (χ0) is 18.8. The van der Waals surface area contributed by atoms with Crippen LogP contribution in [0.25, 0.3) is 0 Å². The molecule has 1 N–H and O–H groups in total. The number of benzene rings is 2. The van der Waals surface area contributed by atoms with Crippen LogP contribution in [-0.4, -0.2) is 17.5 Å². The van der Waals surface area contributed by atoms with Crippen LogP contribution < -0.4 is 0 Å². The molecule has 0 bridgehead atoms. The molecule has 1 aliphatic carbocycles. The minimum atomic E-state index is -0.642. The smallest absolute Gasteiger partial charge is 0.434 e. The van der Waals surface area contributed by atoms with Crippen LogP contribution in [0.15, 0.2) is 35.3 Å². The lowest BCUT2D eigenvalue weighted by Crippen LogP contribution is -2.27. The van der Waals surface area contributed by atoms with Crippen LogP contribution in [0.3, 0.4) is 0 Å². The second-order valence-corrected chi connectivity index (χ2v) is 6.83. The Kier molecular flexibility index (Phi) is 5.03. The van der Waals surface area contributed by atoms with Crippen molar-refractivity contribution in [2.24, 2.45) is 4.99 Å². The number of nitrogens with one attached hydrogen (secondary N) is 1. The lowest BCUT2D eigenvalue weighted by molar-refractivity contribution is 0.151. The van der Waals surface area contributed by atoms with Crippen molar-refractivity contribution in [1.29, 1.82) is 5.41 Å². The van der Waals surface area contributed by atoms with Gasteiger partial charge in [-0.2, -0.15) is 4.99 Å². The standard InChI is InChI=1S/C22H24N2O2/c1-13-14(2)16(4)20-18(15(13)3)10-11-19(23)21(20)24-22(25)26-12-17-8-6-5-7-9-17/h5-9,23H,10-12H2,1-4H3. The Morgan fingerprint density at radius 2 is 1.65 bits per heavy atom. The van der Waals surface area contributed by atoms with Crippen molar-refractivity contribution in [2.45, 2.75) is 47.1 Å². The van der Waals surface area contributed by atoms with E-state index in [2.05, 4.69) is 25.8 Å². The monoisotopic (exact) mass is 348 g/mol. The third-order valence-corrected chi connectivity index (χ3v) is 5.37. The second kappa shape index (κ2) is 7.24. The largest absolute Gasteiger partial charge is 0.443 e. The van der Waals surface area contributed by atoms with E-state index < -0.39 is 6.09 Å². The summed E-state index contributed by atoms with van der Waals surface area (Å²) < 4.78 is 5.30. The van der Waals surface area contributed by atoms with Crippen molar-refractivity contribution in [3.63, 3.8) is 0 Å². The first kappa shape index (κ1) is 18.1. The molecule has 1 amide bonds. The molecule has 0 aliphatic heterocycles. The van der Waals surface area contributed by atoms with Crippen molar-refractivity contribution in [3.8, 4) is 0 Å². The van der Waals surface area contributed by atoms with Gasteiger partial charge in [0.25, 0.3) is 0 Å². The molecule has 2 aromatic carbocycles. The molecule has 26 heavy (non-hydrogen) atoms. The molecule has 0 radical (unpaired) electrons. The Morgan fingerprint density at radius 1 is 1.00 bits per heavy atom. The molecule has 3 rings (SSSR count). The van der Waals surface area contributed by atoms with E-state index in [1.165, 1.54) is 22.3 Å². The molecule has 0 atom stereocenters. The molecule has 4 nitrogen and oxygen atoms in total. The normalized spacial score (nSPS) is 15.1. The molecule has 0 unspecified atom stereocenters. The molecule has 0 saturated carbocycles. The maximum absolute atomic E-state index is 12.3. The van der Waals surface area contributed by atoms with Gasteiger partial charge in [-0.1, -0.05) is 30.3 Å². The number of hydrogen-bond donors (Lipinski definition) is 1. The number of nitrogens with zero attached hydrogens (tertiary/aromatic N) is 1. The highest BCUT2D eigenvalue weighted by Crippen LogP contribution is 2.31. The van der Waals surface area contributed by atoms with Gasteiger partial charge in [0, 0.05) is 5.56 Å². The van der Waals surface area contributed by atoms with Crippen LogP contribution in [0.5, 0.6) is 0 Å². The average molecular weight is 348 g/mol. The number of fused-ring (bicyclic) bond motifs is 1. The van der Waals surface area contributed by atoms with Crippen LogP contribution >= 0.6 is 0 Å². The fourth-order valence-electron chi connectivity index (χ4n) is 3.51. The first-order valence-electron chi connectivity index (χ1n) is 8.87. The van der Waals surface area contributed by atoms with Gasteiger partial charge < -0.3 is 10.1 Å². The number of carbonyl (C=O) groups is 1. The Labute approximate surface area is 154 Å². The van der Waals surface area contributed by atoms with E-state index in [1.54, 1.807) is 0 Å². The molecule has 1 aliphatic rings. The molecule has 0 saturated heterocycles. The van der Waals surface area contributed by atoms with Gasteiger partial charge in [0.1, 0.15) is 6.61 Å². The van der Waals surface area contributed by atoms with Gasteiger partial charge >= 0.3 is 6.09 Å². The van der Waals surface area contributed by atoms with E-state index >= 15 is 0 Å². The molecule has 0 aromatic heterocycles. The van der Waals surface area contributed by atoms with Gasteiger partial charge in [0.15, 0.2) is 0 Å². The second-order valence-electron chi connectivity index (χ2n) is 6.83. The minimum Gasteiger partial charge on any atom is -0.443 e. The predicted molar refractivity (Wildman–Crippen MR) is 105 cm³/mol. The van der Waals surface area contributed by atoms with Crippen LogP contribution in [0.2, 0.25) is 0 Å². The molecule has 0 spiro atoms. The van der Waals surface area contributed by atoms with Crippen molar-refractivity contribution in [1.82, 2.24) is 0 Å². The molecular weight excluding hydrogens is 324 g/mol. The summed E-state index contributed by atoms with van der Waals surface area (Å²) in [4.78, 5) is 16.5. The quantitative estimate of drug-likeness (QED) is 0.829. The highest BCUT2D eigenvalue weighted by Gasteiger charge is 2.27. The molecule has 2 aromatic rings. The summed E-state index contributed by atoms with van der Waals surface area (Å²) in [5, 5.41) is 8.32. The summed E-state index contributed by atoms with van der Waals surface area (Å²) in [5.41, 5.74) is 8.74. The lowest BCUT2D eigenvalue weighted by atomic mass is 9.79. The van der Waals surface area contributed by atoms with Crippen molar-refractivity contribution < 1.29 is 9.53 Å². The highest BCUT2D eigenvalue weighted by atomic mass is 16.5. The first-order valence-corrected chi connectivity index (χ1v) is 8.87. The molecule has 4 heteroatoms. The van der Waals surface area contributed by atoms with E-state index in [-0.39, 0.29) is 6.61 Å². The average Bonchev–Trinajstić information content (AvgIpc) is 2.65. The van der Waals surface area contributed by atoms with E-state index in [1.807, 2.05) is 37.3 Å². The summed E-state index contributed by atoms with van der Waals surface area (Å²) in [6.07, 6.45) is 0.775. The number of ether oxygens (including phenoxy) is 1. The summed E-state index contributed by atoms with van der Waals surface area (Å²) in [6, 6.07) is 9.52. The Bertz CT molecular complexity index is 912. The number of aliphatic imine (C=N–C) groups is 1. The summed E-state index contributed by atoms with van der Waals surface area (Å²) in [7, 11) is 0. The molecule has 0 fully saturated rings. The van der Waals surface area contributed by atoms with Gasteiger partial charge in [-0.25, -0.2) is 4.79 Å². The van der Waals surface area contributed by atoms with Crippen LogP contribution in [0, 0.1) is 33.1 Å². The van der Waals surface area contributed by atoms with Crippen LogP contribution in [0.1, 0.15) is 45.4 Å². The van der Waals surface area contributed by atoms with E-state index in [4.69, 9.17) is 10.1 Å². The zero-order valence-electron chi connectivity index (χ0n) is 15.8. The lowest BCUT2D eigenvalue weighted by Gasteiger charge is -2.26. The van der Waals surface area contributed by atoms with E-state index in [0.717, 1.165) is 23.1 Å². The Hall–Kier alpha value is -2.75. The number of hydrogen-bond acceptors (Lipinski definition) is 3. The van der Waals surface area contributed by atoms with Crippen molar-refractivity contribution in [2.75, 3.05) is 0 Å². The number of carbonyl (C=O) groups excluding carboxylic acids is 1. The third-order valence-electron chi connectivity index (χ3n) is 5.37. The maximum Gasteiger partial charge on any atom is 0.434 e.